The van der Waals surface area contributed by atoms with Gasteiger partial charge >= 0.3 is 5.69 Å². The zero-order valence-electron chi connectivity index (χ0n) is 13.9. The number of aromatic nitrogens is 4. The molecule has 134 valence electrons. The molecular weight excluding hydrogens is 352 g/mol. The van der Waals surface area contributed by atoms with Gasteiger partial charge in [0, 0.05) is 18.8 Å². The van der Waals surface area contributed by atoms with E-state index in [4.69, 9.17) is 5.73 Å². The number of hydrogen-bond acceptors (Lipinski definition) is 7. The Morgan fingerprint density at radius 1 is 1.31 bits per heavy atom. The Morgan fingerprint density at radius 3 is 2.85 bits per heavy atom. The van der Waals surface area contributed by atoms with Gasteiger partial charge in [0.25, 0.3) is 0 Å². The Balaban J connectivity index is 1.76. The van der Waals surface area contributed by atoms with E-state index in [9.17, 15) is 9.59 Å². The summed E-state index contributed by atoms with van der Waals surface area (Å²) < 4.78 is 1.48. The summed E-state index contributed by atoms with van der Waals surface area (Å²) in [5, 5.41) is 2.95. The lowest BCUT2D eigenvalue weighted by Gasteiger charge is -2.20. The van der Waals surface area contributed by atoms with Gasteiger partial charge in [0.15, 0.2) is 11.5 Å². The summed E-state index contributed by atoms with van der Waals surface area (Å²) in [7, 11) is 0. The second kappa shape index (κ2) is 6.93. The zero-order valence-corrected chi connectivity index (χ0v) is 14.8. The third-order valence-electron chi connectivity index (χ3n) is 4.27. The van der Waals surface area contributed by atoms with E-state index in [1.165, 1.54) is 4.57 Å². The maximum atomic E-state index is 12.7. The number of nitrogens with two attached hydrogens (primary N) is 1. The van der Waals surface area contributed by atoms with Gasteiger partial charge in [-0.05, 0) is 5.56 Å². The molecule has 1 atom stereocenters. The van der Waals surface area contributed by atoms with Crippen LogP contribution in [0.3, 0.4) is 0 Å². The first-order valence-electron chi connectivity index (χ1n) is 8.30. The molecule has 0 spiro atoms. The summed E-state index contributed by atoms with van der Waals surface area (Å²) in [6, 6.07) is 9.56. The van der Waals surface area contributed by atoms with Crippen molar-refractivity contribution in [2.45, 2.75) is 11.8 Å². The average molecular weight is 370 g/mol. The number of fused-ring (bicyclic) bond motifs is 1. The minimum Gasteiger partial charge on any atom is -0.382 e. The lowest BCUT2D eigenvalue weighted by molar-refractivity contribution is 0.0978. The topological polar surface area (TPSA) is 119 Å². The Hall–Kier alpha value is -2.65. The fourth-order valence-electron chi connectivity index (χ4n) is 2.95. The molecule has 1 aliphatic heterocycles. The highest BCUT2D eigenvalue weighted by molar-refractivity contribution is 8.00. The number of thioether (sulfide) groups is 1. The highest BCUT2D eigenvalue weighted by atomic mass is 32.2. The number of anilines is 1. The SMILES string of the molecule is Nc1nc(C(=O)C2CNCCS2)nc2c1[nH]c(=O)n2Cc1ccccc1. The number of aromatic amines is 1. The Kier molecular flexibility index (Phi) is 4.48. The second-order valence-corrected chi connectivity index (χ2v) is 7.37. The molecule has 26 heavy (non-hydrogen) atoms. The normalized spacial score (nSPS) is 17.5. The van der Waals surface area contributed by atoms with Gasteiger partial charge in [-0.25, -0.2) is 14.8 Å². The fraction of sp³-hybridized carbons (Fsp3) is 0.294. The van der Waals surface area contributed by atoms with E-state index in [2.05, 4.69) is 20.3 Å². The first-order valence-corrected chi connectivity index (χ1v) is 9.35. The van der Waals surface area contributed by atoms with Gasteiger partial charge in [-0.15, -0.1) is 11.8 Å². The van der Waals surface area contributed by atoms with Crippen LogP contribution in [0, 0.1) is 0 Å². The molecule has 3 heterocycles. The molecule has 8 nitrogen and oxygen atoms in total. The number of H-pyrrole nitrogens is 1. The minimum absolute atomic E-state index is 0.0528. The summed E-state index contributed by atoms with van der Waals surface area (Å²) in [6.07, 6.45) is 0. The molecule has 1 saturated heterocycles. The van der Waals surface area contributed by atoms with Gasteiger partial charge in [0.05, 0.1) is 11.8 Å². The van der Waals surface area contributed by atoms with E-state index in [1.807, 2.05) is 30.3 Å². The number of ketones is 1. The number of imidazole rings is 1. The van der Waals surface area contributed by atoms with Crippen LogP contribution in [0.25, 0.3) is 11.2 Å². The number of carbonyl (C=O) groups is 1. The maximum Gasteiger partial charge on any atom is 0.328 e. The van der Waals surface area contributed by atoms with Crippen LogP contribution in [-0.4, -0.2) is 49.4 Å². The number of carbonyl (C=O) groups excluding carboxylic acids is 1. The van der Waals surface area contributed by atoms with Crippen molar-refractivity contribution < 1.29 is 4.79 Å². The first kappa shape index (κ1) is 16.8. The van der Waals surface area contributed by atoms with Crippen molar-refractivity contribution in [1.82, 2.24) is 24.8 Å². The number of hydrogen-bond donors (Lipinski definition) is 3. The van der Waals surface area contributed by atoms with Crippen LogP contribution in [-0.2, 0) is 6.54 Å². The summed E-state index contributed by atoms with van der Waals surface area (Å²) in [5.74, 6) is 0.848. The van der Waals surface area contributed by atoms with Crippen molar-refractivity contribution in [3.8, 4) is 0 Å². The van der Waals surface area contributed by atoms with Gasteiger partial charge < -0.3 is 16.0 Å². The minimum atomic E-state index is -0.330. The summed E-state index contributed by atoms with van der Waals surface area (Å²) in [4.78, 5) is 36.3. The molecule has 0 amide bonds. The predicted octanol–water partition coefficient (Wildman–Crippen LogP) is 0.638. The van der Waals surface area contributed by atoms with Crippen LogP contribution in [0.4, 0.5) is 5.82 Å². The van der Waals surface area contributed by atoms with E-state index in [1.54, 1.807) is 11.8 Å². The molecule has 0 saturated carbocycles. The van der Waals surface area contributed by atoms with E-state index in [0.29, 0.717) is 24.3 Å². The molecular formula is C17H18N6O2S. The van der Waals surface area contributed by atoms with Crippen LogP contribution < -0.4 is 16.7 Å². The lowest BCUT2D eigenvalue weighted by Crippen LogP contribution is -2.38. The van der Waals surface area contributed by atoms with Crippen molar-refractivity contribution in [2.75, 3.05) is 24.6 Å². The molecule has 9 heteroatoms. The van der Waals surface area contributed by atoms with E-state index < -0.39 is 0 Å². The average Bonchev–Trinajstić information content (AvgIpc) is 2.99. The molecule has 4 N–H and O–H groups in total. The van der Waals surface area contributed by atoms with Gasteiger partial charge in [-0.3, -0.25) is 9.36 Å². The van der Waals surface area contributed by atoms with E-state index in [0.717, 1.165) is 17.9 Å². The molecule has 2 aromatic heterocycles. The molecule has 0 bridgehead atoms. The number of benzene rings is 1. The number of nitrogens with one attached hydrogen (secondary N) is 2. The highest BCUT2D eigenvalue weighted by Gasteiger charge is 2.26. The van der Waals surface area contributed by atoms with Crippen molar-refractivity contribution in [3.05, 3.63) is 52.2 Å². The Labute approximate surface area is 153 Å². The lowest BCUT2D eigenvalue weighted by atomic mass is 10.2. The second-order valence-electron chi connectivity index (χ2n) is 6.06. The molecule has 1 aromatic carbocycles. The van der Waals surface area contributed by atoms with Crippen LogP contribution in [0.15, 0.2) is 35.1 Å². The van der Waals surface area contributed by atoms with Crippen LogP contribution in [0.2, 0.25) is 0 Å². The third kappa shape index (κ3) is 3.11. The third-order valence-corrected chi connectivity index (χ3v) is 5.50. The summed E-state index contributed by atoms with van der Waals surface area (Å²) in [5.41, 5.74) is 7.32. The quantitative estimate of drug-likeness (QED) is 0.577. The van der Waals surface area contributed by atoms with Gasteiger partial charge in [0.2, 0.25) is 11.6 Å². The molecule has 0 radical (unpaired) electrons. The predicted molar refractivity (Wildman–Crippen MR) is 102 cm³/mol. The van der Waals surface area contributed by atoms with Gasteiger partial charge in [-0.2, -0.15) is 0 Å². The van der Waals surface area contributed by atoms with Gasteiger partial charge in [-0.1, -0.05) is 30.3 Å². The molecule has 1 fully saturated rings. The van der Waals surface area contributed by atoms with Gasteiger partial charge in [0.1, 0.15) is 5.52 Å². The highest BCUT2D eigenvalue weighted by Crippen LogP contribution is 2.20. The number of nitrogens with zero attached hydrogens (tertiary/aromatic N) is 3. The molecule has 1 aliphatic rings. The first-order chi connectivity index (χ1) is 12.6. The fourth-order valence-corrected chi connectivity index (χ4v) is 3.99. The molecule has 1 unspecified atom stereocenters. The number of rotatable bonds is 4. The monoisotopic (exact) mass is 370 g/mol. The zero-order chi connectivity index (χ0) is 18.1. The smallest absolute Gasteiger partial charge is 0.328 e. The standard InChI is InChI=1S/C17H18N6O2S/c18-14-12-16(22-15(21-14)13(24)11-8-19-6-7-26-11)23(17(25)20-12)9-10-4-2-1-3-5-10/h1-5,11,19H,6-9H2,(H,20,25)(H2,18,21,22). The van der Waals surface area contributed by atoms with Crippen molar-refractivity contribution in [1.29, 1.82) is 0 Å². The summed E-state index contributed by atoms with van der Waals surface area (Å²) >= 11 is 1.58. The van der Waals surface area contributed by atoms with E-state index in [-0.39, 0.29) is 28.4 Å². The molecule has 0 aliphatic carbocycles. The molecule has 3 aromatic rings. The van der Waals surface area contributed by atoms with Crippen molar-refractivity contribution >= 4 is 34.5 Å². The van der Waals surface area contributed by atoms with Crippen molar-refractivity contribution in [2.24, 2.45) is 0 Å². The van der Waals surface area contributed by atoms with Crippen LogP contribution in [0.5, 0.6) is 0 Å². The largest absolute Gasteiger partial charge is 0.382 e. The number of Topliss-reactive ketones (excluding diaryl/α,β-unsaturated/α-hetero) is 1. The Morgan fingerprint density at radius 2 is 2.12 bits per heavy atom. The van der Waals surface area contributed by atoms with Crippen molar-refractivity contribution in [3.63, 3.8) is 0 Å². The van der Waals surface area contributed by atoms with Crippen LogP contribution >= 0.6 is 11.8 Å². The molecule has 4 rings (SSSR count). The summed E-state index contributed by atoms with van der Waals surface area (Å²) in [6.45, 7) is 1.79. The maximum absolute atomic E-state index is 12.7. The number of nitrogen functional groups attached to an aromatic ring is 1. The van der Waals surface area contributed by atoms with E-state index >= 15 is 0 Å². The van der Waals surface area contributed by atoms with Crippen LogP contribution in [0.1, 0.15) is 16.2 Å². The Bertz CT molecular complexity index is 1010.